The van der Waals surface area contributed by atoms with E-state index in [-0.39, 0.29) is 12.3 Å². The van der Waals surface area contributed by atoms with Crippen LogP contribution in [0.25, 0.3) is 0 Å². The van der Waals surface area contributed by atoms with Gasteiger partial charge in [0, 0.05) is 5.38 Å². The van der Waals surface area contributed by atoms with Gasteiger partial charge >= 0.3 is 0 Å². The Hall–Kier alpha value is -2.21. The quantitative estimate of drug-likeness (QED) is 0.656. The molecule has 91 valence electrons. The lowest BCUT2D eigenvalue weighted by Crippen LogP contribution is -2.04. The number of nitrogens with zero attached hydrogens (tertiary/aromatic N) is 2. The molecule has 0 atom stereocenters. The van der Waals surface area contributed by atoms with Crippen LogP contribution >= 0.6 is 11.3 Å². The third-order valence-corrected chi connectivity index (χ3v) is 2.77. The SMILES string of the molecule is Nc1nc(C([C]=O)=NOCc2ccccc2)cs1. The maximum atomic E-state index is 10.7. The number of nitrogen functional groups attached to an aromatic ring is 1. The predicted octanol–water partition coefficient (Wildman–Crippen LogP) is 1.76. The van der Waals surface area contributed by atoms with Gasteiger partial charge in [0.05, 0.1) is 0 Å². The number of aromatic nitrogens is 1. The molecular weight excluding hydrogens is 250 g/mol. The fourth-order valence-electron chi connectivity index (χ4n) is 1.26. The Balaban J connectivity index is 2.01. The summed E-state index contributed by atoms with van der Waals surface area (Å²) in [6.07, 6.45) is 1.68. The second-order valence-electron chi connectivity index (χ2n) is 3.37. The molecule has 1 aromatic carbocycles. The van der Waals surface area contributed by atoms with Gasteiger partial charge in [-0.05, 0) is 5.56 Å². The molecule has 2 rings (SSSR count). The van der Waals surface area contributed by atoms with Crippen LogP contribution in [0.3, 0.4) is 0 Å². The van der Waals surface area contributed by atoms with Crippen LogP contribution in [0.15, 0.2) is 40.9 Å². The molecule has 0 aliphatic heterocycles. The molecule has 2 aromatic rings. The van der Waals surface area contributed by atoms with Crippen molar-refractivity contribution in [3.05, 3.63) is 47.0 Å². The minimum atomic E-state index is 0.0129. The zero-order valence-electron chi connectivity index (χ0n) is 9.37. The van der Waals surface area contributed by atoms with Crippen LogP contribution in [0.4, 0.5) is 5.13 Å². The Morgan fingerprint density at radius 3 is 2.83 bits per heavy atom. The Labute approximate surface area is 108 Å². The molecule has 0 unspecified atom stereocenters. The molecule has 1 radical (unpaired) electrons. The fraction of sp³-hybridized carbons (Fsp3) is 0.0833. The number of hydrogen-bond acceptors (Lipinski definition) is 6. The molecule has 6 heteroatoms. The summed E-state index contributed by atoms with van der Waals surface area (Å²) in [5.74, 6) is 0. The molecule has 0 fully saturated rings. The standard InChI is InChI=1S/C12H10N3O2S/c13-12-14-11(8-18-12)10(6-16)15-17-7-9-4-2-1-3-5-9/h1-5,8H,7H2,(H2,13,14). The van der Waals surface area contributed by atoms with E-state index in [1.807, 2.05) is 30.3 Å². The topological polar surface area (TPSA) is 77.6 Å². The number of anilines is 1. The average molecular weight is 260 g/mol. The molecule has 0 aliphatic rings. The highest BCUT2D eigenvalue weighted by molar-refractivity contribution is 7.13. The van der Waals surface area contributed by atoms with Crippen LogP contribution in [0.1, 0.15) is 11.3 Å². The van der Waals surface area contributed by atoms with Gasteiger partial charge in [-0.2, -0.15) is 0 Å². The van der Waals surface area contributed by atoms with Crippen molar-refractivity contribution in [2.45, 2.75) is 6.61 Å². The first-order chi connectivity index (χ1) is 8.79. The van der Waals surface area contributed by atoms with Crippen LogP contribution in [-0.2, 0) is 16.2 Å². The molecule has 0 aliphatic carbocycles. The van der Waals surface area contributed by atoms with Crippen molar-refractivity contribution < 1.29 is 9.63 Å². The fourth-order valence-corrected chi connectivity index (χ4v) is 1.81. The minimum Gasteiger partial charge on any atom is -0.390 e. The number of hydrogen-bond donors (Lipinski definition) is 1. The summed E-state index contributed by atoms with van der Waals surface area (Å²) in [6, 6.07) is 9.52. The van der Waals surface area contributed by atoms with Gasteiger partial charge in [0.15, 0.2) is 10.8 Å². The highest BCUT2D eigenvalue weighted by Crippen LogP contribution is 2.11. The highest BCUT2D eigenvalue weighted by atomic mass is 32.1. The number of benzene rings is 1. The second kappa shape index (κ2) is 5.92. The lowest BCUT2D eigenvalue weighted by atomic mass is 10.2. The number of carbonyl (C=O) groups excluding carboxylic acids is 1. The Bertz CT molecular complexity index is 551. The molecule has 1 aromatic heterocycles. The molecular formula is C12H10N3O2S. The van der Waals surface area contributed by atoms with Crippen molar-refractivity contribution in [2.24, 2.45) is 5.16 Å². The molecule has 0 saturated carbocycles. The third-order valence-electron chi connectivity index (χ3n) is 2.09. The molecule has 5 nitrogen and oxygen atoms in total. The molecule has 0 spiro atoms. The molecule has 0 amide bonds. The number of rotatable bonds is 5. The Morgan fingerprint density at radius 2 is 2.22 bits per heavy atom. The first kappa shape index (κ1) is 12.3. The van der Waals surface area contributed by atoms with E-state index in [9.17, 15) is 4.79 Å². The molecule has 18 heavy (non-hydrogen) atoms. The van der Waals surface area contributed by atoms with Gasteiger partial charge in [0.25, 0.3) is 6.29 Å². The maximum absolute atomic E-state index is 10.7. The zero-order chi connectivity index (χ0) is 12.8. The Kier molecular flexibility index (Phi) is 4.03. The van der Waals surface area contributed by atoms with E-state index < -0.39 is 0 Å². The number of nitrogens with two attached hydrogens (primary N) is 1. The predicted molar refractivity (Wildman–Crippen MR) is 70.0 cm³/mol. The van der Waals surface area contributed by atoms with E-state index in [1.165, 1.54) is 11.3 Å². The first-order valence-electron chi connectivity index (χ1n) is 5.13. The summed E-state index contributed by atoms with van der Waals surface area (Å²) in [4.78, 5) is 19.8. The van der Waals surface area contributed by atoms with Crippen molar-refractivity contribution >= 4 is 28.5 Å². The summed E-state index contributed by atoms with van der Waals surface area (Å²) in [5.41, 5.74) is 6.82. The summed E-state index contributed by atoms with van der Waals surface area (Å²) in [6.45, 7) is 0.283. The van der Waals surface area contributed by atoms with E-state index in [2.05, 4.69) is 10.1 Å². The van der Waals surface area contributed by atoms with Gasteiger partial charge in [0.2, 0.25) is 0 Å². The van der Waals surface area contributed by atoms with E-state index >= 15 is 0 Å². The van der Waals surface area contributed by atoms with Gasteiger partial charge in [0.1, 0.15) is 12.3 Å². The van der Waals surface area contributed by atoms with Gasteiger partial charge in [-0.15, -0.1) is 11.3 Å². The Morgan fingerprint density at radius 1 is 1.44 bits per heavy atom. The average Bonchev–Trinajstić information content (AvgIpc) is 2.82. The maximum Gasteiger partial charge on any atom is 0.259 e. The lowest BCUT2D eigenvalue weighted by Gasteiger charge is -1.99. The van der Waals surface area contributed by atoms with Crippen molar-refractivity contribution in [1.29, 1.82) is 0 Å². The summed E-state index contributed by atoms with van der Waals surface area (Å²) < 4.78 is 0. The monoisotopic (exact) mass is 260 g/mol. The van der Waals surface area contributed by atoms with Crippen molar-refractivity contribution in [2.75, 3.05) is 5.73 Å². The summed E-state index contributed by atoms with van der Waals surface area (Å²) in [5, 5.41) is 5.70. The van der Waals surface area contributed by atoms with Gasteiger partial charge in [-0.25, -0.2) is 4.98 Å². The lowest BCUT2D eigenvalue weighted by molar-refractivity contribution is 0.131. The van der Waals surface area contributed by atoms with E-state index in [0.717, 1.165) is 5.56 Å². The van der Waals surface area contributed by atoms with Gasteiger partial charge in [-0.1, -0.05) is 35.5 Å². The van der Waals surface area contributed by atoms with Crippen LogP contribution in [0.5, 0.6) is 0 Å². The normalized spacial score (nSPS) is 11.2. The van der Waals surface area contributed by atoms with Crippen LogP contribution in [0, 0.1) is 0 Å². The largest absolute Gasteiger partial charge is 0.390 e. The van der Waals surface area contributed by atoms with E-state index in [1.54, 1.807) is 11.7 Å². The van der Waals surface area contributed by atoms with E-state index in [4.69, 9.17) is 10.6 Å². The highest BCUT2D eigenvalue weighted by Gasteiger charge is 2.08. The minimum absolute atomic E-state index is 0.0129. The van der Waals surface area contributed by atoms with Crippen LogP contribution < -0.4 is 5.73 Å². The van der Waals surface area contributed by atoms with Crippen molar-refractivity contribution in [1.82, 2.24) is 4.98 Å². The third kappa shape index (κ3) is 3.14. The summed E-state index contributed by atoms with van der Waals surface area (Å²) >= 11 is 1.23. The summed E-state index contributed by atoms with van der Waals surface area (Å²) in [7, 11) is 0. The zero-order valence-corrected chi connectivity index (χ0v) is 10.2. The van der Waals surface area contributed by atoms with Crippen LogP contribution in [0.2, 0.25) is 0 Å². The molecule has 1 heterocycles. The number of thiazole rings is 1. The number of oxime groups is 1. The van der Waals surface area contributed by atoms with E-state index in [0.29, 0.717) is 10.8 Å². The second-order valence-corrected chi connectivity index (χ2v) is 4.26. The van der Waals surface area contributed by atoms with Crippen molar-refractivity contribution in [3.63, 3.8) is 0 Å². The van der Waals surface area contributed by atoms with Crippen molar-refractivity contribution in [3.8, 4) is 0 Å². The molecule has 0 saturated heterocycles. The van der Waals surface area contributed by atoms with Crippen LogP contribution in [-0.4, -0.2) is 17.0 Å². The van der Waals surface area contributed by atoms with Gasteiger partial charge in [-0.3, -0.25) is 4.79 Å². The van der Waals surface area contributed by atoms with Gasteiger partial charge < -0.3 is 10.6 Å². The molecule has 2 N–H and O–H groups in total. The first-order valence-corrected chi connectivity index (χ1v) is 6.01. The molecule has 0 bridgehead atoms. The smallest absolute Gasteiger partial charge is 0.259 e.